The molecule has 140 valence electrons. The van der Waals surface area contributed by atoms with E-state index in [1.807, 2.05) is 89.4 Å². The zero-order chi connectivity index (χ0) is 19.3. The number of aromatic nitrogens is 3. The Balaban J connectivity index is 1.49. The van der Waals surface area contributed by atoms with Gasteiger partial charge in [-0.05, 0) is 53.9 Å². The largest absolute Gasteiger partial charge is 0.348 e. The van der Waals surface area contributed by atoms with Crippen molar-refractivity contribution >= 4 is 5.91 Å². The number of nitrogens with zero attached hydrogens (tertiary/aromatic N) is 3. The summed E-state index contributed by atoms with van der Waals surface area (Å²) in [5.41, 5.74) is 5.01. The lowest BCUT2D eigenvalue weighted by molar-refractivity contribution is 0.0951. The van der Waals surface area contributed by atoms with Gasteiger partial charge in [-0.2, -0.15) is 5.10 Å². The molecule has 0 saturated carbocycles. The third-order valence-electron chi connectivity index (χ3n) is 4.80. The molecular weight excluding hydrogens is 348 g/mol. The van der Waals surface area contributed by atoms with Gasteiger partial charge >= 0.3 is 0 Å². The number of amides is 1. The highest BCUT2D eigenvalue weighted by Crippen LogP contribution is 2.17. The fraction of sp³-hybridized carbons (Fsp3) is 0.130. The summed E-state index contributed by atoms with van der Waals surface area (Å²) >= 11 is 0. The fourth-order valence-corrected chi connectivity index (χ4v) is 3.25. The molecule has 2 heterocycles. The van der Waals surface area contributed by atoms with Crippen molar-refractivity contribution in [3.8, 4) is 5.69 Å². The normalized spacial score (nSPS) is 10.8. The van der Waals surface area contributed by atoms with E-state index in [4.69, 9.17) is 0 Å². The first-order chi connectivity index (χ1) is 13.7. The first kappa shape index (κ1) is 17.8. The molecule has 0 radical (unpaired) electrons. The Labute approximate surface area is 164 Å². The van der Waals surface area contributed by atoms with Crippen LogP contribution in [0.4, 0.5) is 0 Å². The third kappa shape index (κ3) is 3.88. The highest BCUT2D eigenvalue weighted by Gasteiger charge is 2.10. The Bertz CT molecular complexity index is 1070. The number of benzene rings is 2. The van der Waals surface area contributed by atoms with Crippen molar-refractivity contribution in [3.05, 3.63) is 108 Å². The molecule has 2 aromatic carbocycles. The number of hydrogen-bond donors (Lipinski definition) is 1. The second-order valence-corrected chi connectivity index (χ2v) is 6.75. The van der Waals surface area contributed by atoms with Gasteiger partial charge in [0.1, 0.15) is 0 Å². The van der Waals surface area contributed by atoms with Crippen molar-refractivity contribution in [2.45, 2.75) is 20.0 Å². The van der Waals surface area contributed by atoms with Crippen LogP contribution in [0.15, 0.2) is 85.5 Å². The summed E-state index contributed by atoms with van der Waals surface area (Å²) in [6.07, 6.45) is 7.67. The van der Waals surface area contributed by atoms with Gasteiger partial charge in [-0.15, -0.1) is 0 Å². The van der Waals surface area contributed by atoms with Crippen LogP contribution in [0, 0.1) is 6.92 Å². The highest BCUT2D eigenvalue weighted by atomic mass is 16.1. The average molecular weight is 370 g/mol. The van der Waals surface area contributed by atoms with Gasteiger partial charge < -0.3 is 9.88 Å². The van der Waals surface area contributed by atoms with Gasteiger partial charge in [-0.25, -0.2) is 0 Å². The molecule has 1 N–H and O–H groups in total. The maximum absolute atomic E-state index is 12.7. The molecule has 0 bridgehead atoms. The predicted octanol–water partition coefficient (Wildman–Crippen LogP) is 3.96. The number of hydrogen-bond acceptors (Lipinski definition) is 2. The van der Waals surface area contributed by atoms with Crippen LogP contribution < -0.4 is 5.32 Å². The highest BCUT2D eigenvalue weighted by molar-refractivity contribution is 5.94. The molecule has 0 atom stereocenters. The number of nitrogens with one attached hydrogen (secondary N) is 1. The van der Waals surface area contributed by atoms with Crippen LogP contribution in [-0.2, 0) is 13.1 Å². The van der Waals surface area contributed by atoms with Crippen molar-refractivity contribution < 1.29 is 4.79 Å². The molecule has 0 aliphatic heterocycles. The lowest BCUT2D eigenvalue weighted by Gasteiger charge is -2.13. The maximum Gasteiger partial charge on any atom is 0.251 e. The van der Waals surface area contributed by atoms with Gasteiger partial charge in [-0.3, -0.25) is 9.48 Å². The molecule has 5 nitrogen and oxygen atoms in total. The Morgan fingerprint density at radius 3 is 2.50 bits per heavy atom. The standard InChI is InChI=1S/C23H22N4O/c1-18-9-10-19(15-22(18)26-12-4-5-13-26)23(28)24-16-20-7-2-3-8-21(20)17-27-14-6-11-25-27/h2-15H,16-17H2,1H3,(H,24,28). The van der Waals surface area contributed by atoms with Crippen molar-refractivity contribution in [3.63, 3.8) is 0 Å². The number of rotatable bonds is 6. The van der Waals surface area contributed by atoms with Gasteiger partial charge in [0.15, 0.2) is 0 Å². The Hall–Kier alpha value is -3.60. The van der Waals surface area contributed by atoms with E-state index < -0.39 is 0 Å². The smallest absolute Gasteiger partial charge is 0.251 e. The Morgan fingerprint density at radius 1 is 0.964 bits per heavy atom. The van der Waals surface area contributed by atoms with Gasteiger partial charge in [0, 0.05) is 42.6 Å². The molecule has 0 aliphatic rings. The SMILES string of the molecule is Cc1ccc(C(=O)NCc2ccccc2Cn2cccn2)cc1-n1cccc1. The summed E-state index contributed by atoms with van der Waals surface area (Å²) in [7, 11) is 0. The summed E-state index contributed by atoms with van der Waals surface area (Å²) in [4.78, 5) is 12.7. The van der Waals surface area contributed by atoms with Crippen LogP contribution in [0.5, 0.6) is 0 Å². The van der Waals surface area contributed by atoms with Gasteiger partial charge in [-0.1, -0.05) is 30.3 Å². The van der Waals surface area contributed by atoms with Crippen LogP contribution in [0.3, 0.4) is 0 Å². The van der Waals surface area contributed by atoms with E-state index in [0.29, 0.717) is 18.7 Å². The van der Waals surface area contributed by atoms with Crippen molar-refractivity contribution in [1.29, 1.82) is 0 Å². The molecule has 4 rings (SSSR count). The molecule has 4 aromatic rings. The van der Waals surface area contributed by atoms with Crippen LogP contribution in [0.25, 0.3) is 5.69 Å². The van der Waals surface area contributed by atoms with E-state index in [9.17, 15) is 4.79 Å². The summed E-state index contributed by atoms with van der Waals surface area (Å²) in [6, 6.07) is 19.7. The van der Waals surface area contributed by atoms with E-state index >= 15 is 0 Å². The van der Waals surface area contributed by atoms with Crippen LogP contribution in [-0.4, -0.2) is 20.3 Å². The minimum Gasteiger partial charge on any atom is -0.348 e. The minimum atomic E-state index is -0.0812. The summed E-state index contributed by atoms with van der Waals surface area (Å²) in [5.74, 6) is -0.0812. The molecule has 0 spiro atoms. The van der Waals surface area contributed by atoms with Crippen molar-refractivity contribution in [2.75, 3.05) is 0 Å². The van der Waals surface area contributed by atoms with E-state index in [0.717, 1.165) is 22.4 Å². The molecule has 2 aromatic heterocycles. The number of carbonyl (C=O) groups excluding carboxylic acids is 1. The second-order valence-electron chi connectivity index (χ2n) is 6.75. The van der Waals surface area contributed by atoms with Crippen molar-refractivity contribution in [2.24, 2.45) is 0 Å². The minimum absolute atomic E-state index is 0.0812. The number of aryl methyl sites for hydroxylation is 1. The summed E-state index contributed by atoms with van der Waals surface area (Å²) in [6.45, 7) is 3.20. The first-order valence-electron chi connectivity index (χ1n) is 9.27. The van der Waals surface area contributed by atoms with Gasteiger partial charge in [0.05, 0.1) is 6.54 Å². The molecule has 0 unspecified atom stereocenters. The van der Waals surface area contributed by atoms with E-state index in [-0.39, 0.29) is 5.91 Å². The molecule has 0 saturated heterocycles. The molecule has 5 heteroatoms. The number of carbonyl (C=O) groups is 1. The molecular formula is C23H22N4O. The van der Waals surface area contributed by atoms with Gasteiger partial charge in [0.25, 0.3) is 5.91 Å². The van der Waals surface area contributed by atoms with Crippen LogP contribution in [0.1, 0.15) is 27.0 Å². The molecule has 28 heavy (non-hydrogen) atoms. The first-order valence-corrected chi connectivity index (χ1v) is 9.27. The van der Waals surface area contributed by atoms with Crippen LogP contribution in [0.2, 0.25) is 0 Å². The zero-order valence-electron chi connectivity index (χ0n) is 15.7. The van der Waals surface area contributed by atoms with Crippen molar-refractivity contribution in [1.82, 2.24) is 19.7 Å². The lowest BCUT2D eigenvalue weighted by Crippen LogP contribution is -2.24. The molecule has 0 aliphatic carbocycles. The van der Waals surface area contributed by atoms with Gasteiger partial charge in [0.2, 0.25) is 0 Å². The zero-order valence-corrected chi connectivity index (χ0v) is 15.7. The molecule has 0 fully saturated rings. The monoisotopic (exact) mass is 370 g/mol. The topological polar surface area (TPSA) is 51.9 Å². The Morgan fingerprint density at radius 2 is 1.75 bits per heavy atom. The third-order valence-corrected chi connectivity index (χ3v) is 4.80. The van der Waals surface area contributed by atoms with E-state index in [1.165, 1.54) is 0 Å². The molecule has 1 amide bonds. The summed E-state index contributed by atoms with van der Waals surface area (Å²) < 4.78 is 3.90. The summed E-state index contributed by atoms with van der Waals surface area (Å²) in [5, 5.41) is 7.31. The quantitative estimate of drug-likeness (QED) is 0.558. The second kappa shape index (κ2) is 7.96. The average Bonchev–Trinajstić information content (AvgIpc) is 3.41. The maximum atomic E-state index is 12.7. The fourth-order valence-electron chi connectivity index (χ4n) is 3.25. The lowest BCUT2D eigenvalue weighted by atomic mass is 10.1. The Kier molecular flexibility index (Phi) is 5.06. The van der Waals surface area contributed by atoms with E-state index in [1.54, 1.807) is 6.20 Å². The van der Waals surface area contributed by atoms with Crippen LogP contribution >= 0.6 is 0 Å². The van der Waals surface area contributed by atoms with E-state index in [2.05, 4.69) is 16.5 Å². The predicted molar refractivity (Wildman–Crippen MR) is 109 cm³/mol.